The molecule has 0 saturated carbocycles. The molecule has 0 amide bonds. The molecular weight excluding hydrogens is 114 g/mol. The highest BCUT2D eigenvalue weighted by Crippen LogP contribution is 1.86. The zero-order valence-electron chi connectivity index (χ0n) is 6.81. The van der Waals surface area contributed by atoms with Crippen LogP contribution in [0.2, 0.25) is 0 Å². The van der Waals surface area contributed by atoms with Gasteiger partial charge >= 0.3 is 0 Å². The SMILES string of the molecule is CCC(N)N[N+](C)(C)C. The first-order valence-corrected chi connectivity index (χ1v) is 3.30. The third-order valence-electron chi connectivity index (χ3n) is 0.993. The molecule has 0 aliphatic rings. The second-order valence-electron chi connectivity index (χ2n) is 3.16. The van der Waals surface area contributed by atoms with Crippen molar-refractivity contribution >= 4 is 0 Å². The topological polar surface area (TPSA) is 38.0 Å². The average molecular weight is 132 g/mol. The van der Waals surface area contributed by atoms with Gasteiger partial charge in [-0.15, -0.1) is 0 Å². The monoisotopic (exact) mass is 132 g/mol. The standard InChI is InChI=1S/C6H18N3/c1-5-6(7)8-9(2,3)4/h6,8H,5,7H2,1-4H3/q+1. The Labute approximate surface area is 57.4 Å². The molecule has 9 heavy (non-hydrogen) atoms. The van der Waals surface area contributed by atoms with Gasteiger partial charge in [0.2, 0.25) is 0 Å². The molecule has 0 aliphatic heterocycles. The van der Waals surface area contributed by atoms with E-state index < -0.39 is 0 Å². The minimum Gasteiger partial charge on any atom is -0.312 e. The number of nitrogens with zero attached hydrogens (tertiary/aromatic N) is 1. The summed E-state index contributed by atoms with van der Waals surface area (Å²) in [6.07, 6.45) is 1.08. The molecule has 0 spiro atoms. The van der Waals surface area contributed by atoms with Crippen LogP contribution in [0.4, 0.5) is 0 Å². The number of nitrogens with one attached hydrogen (secondary N) is 1. The van der Waals surface area contributed by atoms with E-state index in [9.17, 15) is 0 Å². The predicted molar refractivity (Wildman–Crippen MR) is 39.4 cm³/mol. The lowest BCUT2D eigenvalue weighted by molar-refractivity contribution is -0.918. The van der Waals surface area contributed by atoms with E-state index in [-0.39, 0.29) is 6.17 Å². The highest BCUT2D eigenvalue weighted by Gasteiger charge is 2.09. The first-order chi connectivity index (χ1) is 3.95. The largest absolute Gasteiger partial charge is 0.312 e. The Hall–Kier alpha value is -0.120. The van der Waals surface area contributed by atoms with Gasteiger partial charge in [-0.25, -0.2) is 0 Å². The fourth-order valence-corrected chi connectivity index (χ4v) is 0.589. The van der Waals surface area contributed by atoms with Crippen molar-refractivity contribution < 1.29 is 4.59 Å². The van der Waals surface area contributed by atoms with Crippen molar-refractivity contribution in [3.05, 3.63) is 0 Å². The molecule has 0 aromatic carbocycles. The molecular formula is C6H18N3+. The van der Waals surface area contributed by atoms with Gasteiger partial charge in [-0.3, -0.25) is 4.59 Å². The molecule has 0 saturated heterocycles. The fourth-order valence-electron chi connectivity index (χ4n) is 0.589. The number of hydrogen-bond acceptors (Lipinski definition) is 2. The van der Waals surface area contributed by atoms with Crippen LogP contribution in [0.3, 0.4) is 0 Å². The lowest BCUT2D eigenvalue weighted by Crippen LogP contribution is -2.56. The number of hydrogen-bond donors (Lipinski definition) is 2. The van der Waals surface area contributed by atoms with Crippen molar-refractivity contribution in [2.24, 2.45) is 5.73 Å². The molecule has 3 heteroatoms. The normalized spacial score (nSPS) is 15.7. The van der Waals surface area contributed by atoms with Gasteiger partial charge in [-0.2, -0.15) is 5.43 Å². The third kappa shape index (κ3) is 5.76. The first-order valence-electron chi connectivity index (χ1n) is 3.30. The van der Waals surface area contributed by atoms with E-state index in [0.29, 0.717) is 0 Å². The maximum Gasteiger partial charge on any atom is 0.102 e. The van der Waals surface area contributed by atoms with Crippen molar-refractivity contribution in [3.63, 3.8) is 0 Å². The van der Waals surface area contributed by atoms with E-state index in [1.807, 2.05) is 0 Å². The minimum absolute atomic E-state index is 0.116. The molecule has 0 rings (SSSR count). The molecule has 0 aromatic rings. The Morgan fingerprint density at radius 1 is 1.44 bits per heavy atom. The first kappa shape index (κ1) is 8.88. The smallest absolute Gasteiger partial charge is 0.102 e. The minimum atomic E-state index is 0.116. The van der Waals surface area contributed by atoms with Gasteiger partial charge in [0.05, 0.1) is 21.1 Å². The van der Waals surface area contributed by atoms with E-state index in [4.69, 9.17) is 5.73 Å². The summed E-state index contributed by atoms with van der Waals surface area (Å²) in [6.45, 7) is 2.06. The highest BCUT2D eigenvalue weighted by atomic mass is 15.6. The number of nitrogens with two attached hydrogens (primary N) is 1. The highest BCUT2D eigenvalue weighted by molar-refractivity contribution is 4.44. The average Bonchev–Trinajstić information content (AvgIpc) is 1.62. The summed E-state index contributed by atoms with van der Waals surface area (Å²) in [5, 5.41) is 0. The lowest BCUT2D eigenvalue weighted by atomic mass is 10.4. The molecule has 56 valence electrons. The van der Waals surface area contributed by atoms with Crippen LogP contribution in [0.25, 0.3) is 0 Å². The Balaban J connectivity index is 3.47. The molecule has 1 unspecified atom stereocenters. The summed E-state index contributed by atoms with van der Waals surface area (Å²) in [7, 11) is 6.15. The van der Waals surface area contributed by atoms with Crippen molar-refractivity contribution in [2.75, 3.05) is 21.1 Å². The van der Waals surface area contributed by atoms with Gasteiger partial charge in [-0.05, 0) is 6.42 Å². The second-order valence-corrected chi connectivity index (χ2v) is 3.16. The zero-order valence-corrected chi connectivity index (χ0v) is 6.81. The van der Waals surface area contributed by atoms with E-state index in [1.165, 1.54) is 0 Å². The molecule has 0 aliphatic carbocycles. The summed E-state index contributed by atoms with van der Waals surface area (Å²) in [5.74, 6) is 0. The van der Waals surface area contributed by atoms with Gasteiger partial charge in [-0.1, -0.05) is 6.92 Å². The second kappa shape index (κ2) is 3.15. The number of quaternary nitrogens is 1. The molecule has 0 bridgehead atoms. The van der Waals surface area contributed by atoms with Gasteiger partial charge in [0.25, 0.3) is 0 Å². The molecule has 0 radical (unpaired) electrons. The summed E-state index contributed by atoms with van der Waals surface area (Å²) < 4.78 is 0.717. The van der Waals surface area contributed by atoms with Crippen LogP contribution in [0.15, 0.2) is 0 Å². The molecule has 3 N–H and O–H groups in total. The lowest BCUT2D eigenvalue weighted by Gasteiger charge is -2.27. The molecule has 0 fully saturated rings. The van der Waals surface area contributed by atoms with E-state index in [2.05, 4.69) is 33.5 Å². The van der Waals surface area contributed by atoms with Crippen LogP contribution in [0.1, 0.15) is 13.3 Å². The maximum absolute atomic E-state index is 5.63. The van der Waals surface area contributed by atoms with Crippen molar-refractivity contribution in [3.8, 4) is 0 Å². The summed E-state index contributed by atoms with van der Waals surface area (Å²) in [6, 6.07) is 0. The van der Waals surface area contributed by atoms with Crippen molar-refractivity contribution in [2.45, 2.75) is 19.5 Å². The van der Waals surface area contributed by atoms with Gasteiger partial charge in [0.1, 0.15) is 6.17 Å². The fraction of sp³-hybridized carbons (Fsp3) is 1.00. The van der Waals surface area contributed by atoms with Gasteiger partial charge in [0.15, 0.2) is 0 Å². The Bertz CT molecular complexity index is 74.9. The van der Waals surface area contributed by atoms with Crippen molar-refractivity contribution in [1.29, 1.82) is 0 Å². The third-order valence-corrected chi connectivity index (χ3v) is 0.993. The molecule has 0 aromatic heterocycles. The van der Waals surface area contributed by atoms with Crippen LogP contribution in [0.5, 0.6) is 0 Å². The Morgan fingerprint density at radius 3 is 2.00 bits per heavy atom. The van der Waals surface area contributed by atoms with Gasteiger partial charge in [0, 0.05) is 0 Å². The van der Waals surface area contributed by atoms with Crippen LogP contribution >= 0.6 is 0 Å². The summed E-state index contributed by atoms with van der Waals surface area (Å²) >= 11 is 0. The van der Waals surface area contributed by atoms with E-state index in [0.717, 1.165) is 11.0 Å². The molecule has 1 atom stereocenters. The maximum atomic E-state index is 5.63. The molecule has 0 heterocycles. The van der Waals surface area contributed by atoms with Crippen LogP contribution in [-0.2, 0) is 0 Å². The van der Waals surface area contributed by atoms with Gasteiger partial charge < -0.3 is 5.73 Å². The van der Waals surface area contributed by atoms with E-state index >= 15 is 0 Å². The zero-order chi connectivity index (χ0) is 7.49. The van der Waals surface area contributed by atoms with Crippen LogP contribution < -0.4 is 11.2 Å². The Morgan fingerprint density at radius 2 is 1.89 bits per heavy atom. The summed E-state index contributed by atoms with van der Waals surface area (Å²) in [5.41, 5.74) is 8.82. The summed E-state index contributed by atoms with van der Waals surface area (Å²) in [4.78, 5) is 0. The van der Waals surface area contributed by atoms with Crippen LogP contribution in [0, 0.1) is 0 Å². The number of rotatable bonds is 3. The van der Waals surface area contributed by atoms with Crippen molar-refractivity contribution in [1.82, 2.24) is 5.43 Å². The Kier molecular flexibility index (Phi) is 3.11. The van der Waals surface area contributed by atoms with E-state index in [1.54, 1.807) is 0 Å². The quantitative estimate of drug-likeness (QED) is 0.319. The molecule has 3 nitrogen and oxygen atoms in total. The predicted octanol–water partition coefficient (Wildman–Crippen LogP) is -0.108. The van der Waals surface area contributed by atoms with Crippen LogP contribution in [-0.4, -0.2) is 31.9 Å².